The summed E-state index contributed by atoms with van der Waals surface area (Å²) >= 11 is 1.41. The molecule has 2 aromatic rings. The standard InChI is InChI=1S/C8H7N3O2S/c1-5-4-6(7(12)13)10-11(5)8-9-2-3-14-8/h2-4H,1H3,(H,12,13). The second-order valence-electron chi connectivity index (χ2n) is 2.70. The molecule has 2 rings (SSSR count). The normalized spacial score (nSPS) is 10.4. The lowest BCUT2D eigenvalue weighted by molar-refractivity contribution is 0.0690. The maximum atomic E-state index is 10.6. The summed E-state index contributed by atoms with van der Waals surface area (Å²) in [5, 5.41) is 15.1. The first-order valence-electron chi connectivity index (χ1n) is 3.88. The summed E-state index contributed by atoms with van der Waals surface area (Å²) in [7, 11) is 0. The molecule has 0 aliphatic rings. The molecule has 0 aliphatic carbocycles. The van der Waals surface area contributed by atoms with E-state index in [0.29, 0.717) is 5.13 Å². The molecule has 14 heavy (non-hydrogen) atoms. The van der Waals surface area contributed by atoms with E-state index in [0.717, 1.165) is 5.69 Å². The number of aryl methyl sites for hydroxylation is 1. The Hall–Kier alpha value is -1.69. The van der Waals surface area contributed by atoms with E-state index in [1.54, 1.807) is 13.1 Å². The molecule has 0 spiro atoms. The number of carboxylic acids is 1. The minimum atomic E-state index is -1.02. The van der Waals surface area contributed by atoms with Crippen LogP contribution in [0.4, 0.5) is 0 Å². The molecule has 0 saturated heterocycles. The SMILES string of the molecule is Cc1cc(C(=O)O)nn1-c1nccs1. The average Bonchev–Trinajstić information content (AvgIpc) is 2.71. The molecule has 5 nitrogen and oxygen atoms in total. The van der Waals surface area contributed by atoms with Crippen LogP contribution in [0.3, 0.4) is 0 Å². The van der Waals surface area contributed by atoms with Crippen LogP contribution in [0.2, 0.25) is 0 Å². The Labute approximate surface area is 83.6 Å². The largest absolute Gasteiger partial charge is 0.476 e. The second-order valence-corrected chi connectivity index (χ2v) is 3.58. The van der Waals surface area contributed by atoms with Gasteiger partial charge in [0.15, 0.2) is 5.69 Å². The lowest BCUT2D eigenvalue weighted by Gasteiger charge is -1.96. The van der Waals surface area contributed by atoms with Crippen molar-refractivity contribution < 1.29 is 9.90 Å². The predicted octanol–water partition coefficient (Wildman–Crippen LogP) is 1.34. The third-order valence-corrected chi connectivity index (χ3v) is 2.45. The Morgan fingerprint density at radius 1 is 1.64 bits per heavy atom. The Kier molecular flexibility index (Phi) is 2.05. The van der Waals surface area contributed by atoms with Crippen molar-refractivity contribution >= 4 is 17.3 Å². The molecule has 0 amide bonds. The minimum absolute atomic E-state index is 0.0395. The van der Waals surface area contributed by atoms with Gasteiger partial charge in [0.1, 0.15) is 0 Å². The number of thiazole rings is 1. The third kappa shape index (κ3) is 1.39. The van der Waals surface area contributed by atoms with Crippen molar-refractivity contribution in [1.82, 2.24) is 14.8 Å². The fourth-order valence-corrected chi connectivity index (χ4v) is 1.74. The van der Waals surface area contributed by atoms with Gasteiger partial charge in [0.2, 0.25) is 5.13 Å². The van der Waals surface area contributed by atoms with E-state index in [1.165, 1.54) is 22.1 Å². The molecular weight excluding hydrogens is 202 g/mol. The van der Waals surface area contributed by atoms with Crippen molar-refractivity contribution in [3.05, 3.63) is 29.0 Å². The van der Waals surface area contributed by atoms with Crippen molar-refractivity contribution in [2.75, 3.05) is 0 Å². The predicted molar refractivity (Wildman–Crippen MR) is 50.9 cm³/mol. The molecule has 0 fully saturated rings. The summed E-state index contributed by atoms with van der Waals surface area (Å²) < 4.78 is 1.52. The van der Waals surface area contributed by atoms with E-state index in [9.17, 15) is 4.79 Å². The molecule has 1 N–H and O–H groups in total. The van der Waals surface area contributed by atoms with Gasteiger partial charge < -0.3 is 5.11 Å². The van der Waals surface area contributed by atoms with Gasteiger partial charge in [-0.15, -0.1) is 11.3 Å². The first kappa shape index (κ1) is 8.89. The molecular formula is C8H7N3O2S. The number of carboxylic acid groups (broad SMARTS) is 1. The van der Waals surface area contributed by atoms with Crippen LogP contribution in [0, 0.1) is 6.92 Å². The van der Waals surface area contributed by atoms with Gasteiger partial charge in [0.05, 0.1) is 0 Å². The lowest BCUT2D eigenvalue weighted by atomic mass is 10.4. The number of hydrogen-bond acceptors (Lipinski definition) is 4. The van der Waals surface area contributed by atoms with Crippen LogP contribution in [0.5, 0.6) is 0 Å². The molecule has 0 saturated carbocycles. The number of rotatable bonds is 2. The fraction of sp³-hybridized carbons (Fsp3) is 0.125. The first-order valence-corrected chi connectivity index (χ1v) is 4.76. The van der Waals surface area contributed by atoms with Crippen molar-refractivity contribution in [2.24, 2.45) is 0 Å². The van der Waals surface area contributed by atoms with Crippen molar-refractivity contribution in [3.8, 4) is 5.13 Å². The fourth-order valence-electron chi connectivity index (χ4n) is 1.09. The Bertz CT molecular complexity index is 461. The minimum Gasteiger partial charge on any atom is -0.476 e. The van der Waals surface area contributed by atoms with Crippen molar-refractivity contribution in [3.63, 3.8) is 0 Å². The van der Waals surface area contributed by atoms with Crippen LogP contribution in [0.25, 0.3) is 5.13 Å². The van der Waals surface area contributed by atoms with Crippen LogP contribution in [-0.4, -0.2) is 25.8 Å². The van der Waals surface area contributed by atoms with E-state index in [4.69, 9.17) is 5.11 Å². The van der Waals surface area contributed by atoms with Crippen LogP contribution in [-0.2, 0) is 0 Å². The summed E-state index contributed by atoms with van der Waals surface area (Å²) in [5.74, 6) is -1.02. The zero-order valence-electron chi connectivity index (χ0n) is 7.34. The highest BCUT2D eigenvalue weighted by atomic mass is 32.1. The Balaban J connectivity index is 2.50. The zero-order valence-corrected chi connectivity index (χ0v) is 8.15. The monoisotopic (exact) mass is 209 g/mol. The van der Waals surface area contributed by atoms with E-state index >= 15 is 0 Å². The van der Waals surface area contributed by atoms with Gasteiger partial charge >= 0.3 is 5.97 Å². The molecule has 72 valence electrons. The second kappa shape index (κ2) is 3.22. The molecule has 6 heteroatoms. The number of aromatic carboxylic acids is 1. The number of carbonyl (C=O) groups is 1. The van der Waals surface area contributed by atoms with Crippen molar-refractivity contribution in [1.29, 1.82) is 0 Å². The summed E-state index contributed by atoms with van der Waals surface area (Å²) in [6.45, 7) is 1.79. The van der Waals surface area contributed by atoms with E-state index in [1.807, 2.05) is 5.38 Å². The quantitative estimate of drug-likeness (QED) is 0.810. The van der Waals surface area contributed by atoms with Gasteiger partial charge in [-0.2, -0.15) is 5.10 Å². The zero-order chi connectivity index (χ0) is 10.1. The van der Waals surface area contributed by atoms with Crippen LogP contribution in [0.1, 0.15) is 16.2 Å². The highest BCUT2D eigenvalue weighted by molar-refractivity contribution is 7.12. The molecule has 0 radical (unpaired) electrons. The summed E-state index contributed by atoms with van der Waals surface area (Å²) in [5.41, 5.74) is 0.801. The van der Waals surface area contributed by atoms with E-state index in [-0.39, 0.29) is 5.69 Å². The van der Waals surface area contributed by atoms with Crippen LogP contribution in [0.15, 0.2) is 17.6 Å². The van der Waals surface area contributed by atoms with Crippen LogP contribution < -0.4 is 0 Å². The molecule has 0 unspecified atom stereocenters. The number of hydrogen-bond donors (Lipinski definition) is 1. The topological polar surface area (TPSA) is 68.0 Å². The van der Waals surface area contributed by atoms with E-state index < -0.39 is 5.97 Å². The first-order chi connectivity index (χ1) is 6.68. The summed E-state index contributed by atoms with van der Waals surface area (Å²) in [6.07, 6.45) is 1.65. The lowest BCUT2D eigenvalue weighted by Crippen LogP contribution is -2.01. The maximum Gasteiger partial charge on any atom is 0.356 e. The third-order valence-electron chi connectivity index (χ3n) is 1.71. The number of nitrogens with zero attached hydrogens (tertiary/aromatic N) is 3. The Morgan fingerprint density at radius 2 is 2.43 bits per heavy atom. The van der Waals surface area contributed by atoms with Crippen molar-refractivity contribution in [2.45, 2.75) is 6.92 Å². The van der Waals surface area contributed by atoms with Gasteiger partial charge in [0.25, 0.3) is 0 Å². The molecule has 2 heterocycles. The average molecular weight is 209 g/mol. The molecule has 0 aliphatic heterocycles. The van der Waals surface area contributed by atoms with Gasteiger partial charge in [0, 0.05) is 17.3 Å². The van der Waals surface area contributed by atoms with Crippen LogP contribution >= 0.6 is 11.3 Å². The van der Waals surface area contributed by atoms with Gasteiger partial charge in [-0.3, -0.25) is 0 Å². The van der Waals surface area contributed by atoms with Gasteiger partial charge in [-0.05, 0) is 13.0 Å². The maximum absolute atomic E-state index is 10.6. The Morgan fingerprint density at radius 3 is 2.93 bits per heavy atom. The molecule has 0 aromatic carbocycles. The van der Waals surface area contributed by atoms with Gasteiger partial charge in [-0.25, -0.2) is 14.5 Å². The summed E-state index contributed by atoms with van der Waals surface area (Å²) in [4.78, 5) is 14.7. The molecule has 2 aromatic heterocycles. The smallest absolute Gasteiger partial charge is 0.356 e. The summed E-state index contributed by atoms with van der Waals surface area (Å²) in [6, 6.07) is 1.52. The van der Waals surface area contributed by atoms with Gasteiger partial charge in [-0.1, -0.05) is 0 Å². The van der Waals surface area contributed by atoms with E-state index in [2.05, 4.69) is 10.1 Å². The molecule has 0 atom stereocenters. The number of aromatic nitrogens is 3. The molecule has 0 bridgehead atoms. The highest BCUT2D eigenvalue weighted by Crippen LogP contribution is 2.14. The highest BCUT2D eigenvalue weighted by Gasteiger charge is 2.12.